The Hall–Kier alpha value is -1.07. The lowest BCUT2D eigenvalue weighted by Crippen LogP contribution is -2.44. The second-order valence-electron chi connectivity index (χ2n) is 6.27. The van der Waals surface area contributed by atoms with E-state index >= 15 is 0 Å². The molecular weight excluding hydrogens is 284 g/mol. The van der Waals surface area contributed by atoms with E-state index in [1.54, 1.807) is 0 Å². The van der Waals surface area contributed by atoms with Crippen LogP contribution < -0.4 is 10.0 Å². The quantitative estimate of drug-likeness (QED) is 0.879. The fourth-order valence-electron chi connectivity index (χ4n) is 3.00. The molecule has 5 heteroatoms. The van der Waals surface area contributed by atoms with Crippen LogP contribution in [0.25, 0.3) is 0 Å². The molecule has 1 heterocycles. The van der Waals surface area contributed by atoms with Gasteiger partial charge < -0.3 is 5.32 Å². The number of benzene rings is 1. The molecule has 1 saturated heterocycles. The van der Waals surface area contributed by atoms with E-state index in [1.807, 2.05) is 25.1 Å². The van der Waals surface area contributed by atoms with Crippen molar-refractivity contribution in [3.8, 4) is 0 Å². The van der Waals surface area contributed by atoms with Crippen molar-refractivity contribution >= 4 is 15.7 Å². The Bertz CT molecular complexity index is 586. The third-order valence-corrected chi connectivity index (χ3v) is 6.12. The van der Waals surface area contributed by atoms with Gasteiger partial charge in [0.05, 0.1) is 5.75 Å². The maximum atomic E-state index is 11.9. The molecule has 0 bridgehead atoms. The van der Waals surface area contributed by atoms with Crippen LogP contribution in [0, 0.1) is 5.92 Å². The summed E-state index contributed by atoms with van der Waals surface area (Å²) >= 11 is 0. The summed E-state index contributed by atoms with van der Waals surface area (Å²) in [5, 5.41) is 3.42. The maximum absolute atomic E-state index is 11.9. The van der Waals surface area contributed by atoms with Crippen molar-refractivity contribution in [1.29, 1.82) is 0 Å². The zero-order valence-corrected chi connectivity index (χ0v) is 14.0. The Morgan fingerprint density at radius 1 is 1.43 bits per heavy atom. The van der Waals surface area contributed by atoms with Gasteiger partial charge in [-0.25, -0.2) is 8.42 Å². The van der Waals surface area contributed by atoms with Crippen LogP contribution >= 0.6 is 0 Å². The molecular formula is C16H26N2O2S. The Morgan fingerprint density at radius 3 is 2.86 bits per heavy atom. The van der Waals surface area contributed by atoms with Gasteiger partial charge in [0, 0.05) is 5.69 Å². The Labute approximate surface area is 128 Å². The van der Waals surface area contributed by atoms with E-state index in [0.717, 1.165) is 19.5 Å². The number of hydrogen-bond acceptors (Lipinski definition) is 3. The first kappa shape index (κ1) is 16.3. The van der Waals surface area contributed by atoms with E-state index in [9.17, 15) is 8.42 Å². The van der Waals surface area contributed by atoms with E-state index in [1.165, 1.54) is 5.56 Å². The van der Waals surface area contributed by atoms with Gasteiger partial charge in [-0.2, -0.15) is 0 Å². The molecule has 4 nitrogen and oxygen atoms in total. The molecule has 0 aliphatic carbocycles. The van der Waals surface area contributed by atoms with Crippen molar-refractivity contribution in [2.75, 3.05) is 23.6 Å². The summed E-state index contributed by atoms with van der Waals surface area (Å²) in [7, 11) is -3.23. The summed E-state index contributed by atoms with van der Waals surface area (Å²) in [5.41, 5.74) is 1.98. The third-order valence-electron chi connectivity index (χ3n) is 4.63. The first-order chi connectivity index (χ1) is 9.87. The molecule has 1 aliphatic heterocycles. The Kier molecular flexibility index (Phi) is 4.94. The number of anilines is 1. The minimum atomic E-state index is -3.23. The van der Waals surface area contributed by atoms with E-state index in [2.05, 4.69) is 30.0 Å². The van der Waals surface area contributed by atoms with Crippen LogP contribution in [0.2, 0.25) is 0 Å². The molecule has 1 aromatic carbocycles. The number of piperidine rings is 1. The van der Waals surface area contributed by atoms with Gasteiger partial charge in [-0.05, 0) is 55.0 Å². The second-order valence-corrected chi connectivity index (χ2v) is 8.12. The minimum absolute atomic E-state index is 0.0947. The van der Waals surface area contributed by atoms with Crippen LogP contribution in [0.4, 0.5) is 5.69 Å². The molecule has 2 rings (SSSR count). The second kappa shape index (κ2) is 6.36. The number of sulfonamides is 1. The first-order valence-electron chi connectivity index (χ1n) is 7.69. The average molecular weight is 310 g/mol. The highest BCUT2D eigenvalue weighted by Gasteiger charge is 2.35. The molecule has 1 fully saturated rings. The fraction of sp³-hybridized carbons (Fsp3) is 0.625. The Morgan fingerprint density at radius 2 is 2.19 bits per heavy atom. The van der Waals surface area contributed by atoms with Crippen molar-refractivity contribution in [3.63, 3.8) is 0 Å². The van der Waals surface area contributed by atoms with Crippen molar-refractivity contribution in [1.82, 2.24) is 5.32 Å². The zero-order chi connectivity index (χ0) is 15.5. The van der Waals surface area contributed by atoms with Crippen molar-refractivity contribution < 1.29 is 8.42 Å². The van der Waals surface area contributed by atoms with Crippen LogP contribution in [0.15, 0.2) is 24.3 Å². The predicted octanol–water partition coefficient (Wildman–Crippen LogP) is 2.73. The minimum Gasteiger partial charge on any atom is -0.316 e. The molecule has 1 aromatic rings. The molecule has 0 radical (unpaired) electrons. The average Bonchev–Trinajstić information content (AvgIpc) is 2.42. The number of nitrogens with one attached hydrogen (secondary N) is 2. The summed E-state index contributed by atoms with van der Waals surface area (Å²) in [5.74, 6) is 0.684. The largest absolute Gasteiger partial charge is 0.316 e. The van der Waals surface area contributed by atoms with Gasteiger partial charge >= 0.3 is 0 Å². The van der Waals surface area contributed by atoms with Gasteiger partial charge in [0.25, 0.3) is 0 Å². The molecule has 118 valence electrons. The molecule has 2 N–H and O–H groups in total. The topological polar surface area (TPSA) is 58.2 Å². The van der Waals surface area contributed by atoms with E-state index in [-0.39, 0.29) is 11.2 Å². The highest BCUT2D eigenvalue weighted by Crippen LogP contribution is 2.38. The molecule has 2 atom stereocenters. The SMILES string of the molecule is CCCS(=O)(=O)Nc1cccc([C@@]2(C)CCNCC2C)c1. The first-order valence-corrected chi connectivity index (χ1v) is 9.34. The normalized spacial score (nSPS) is 26.5. The van der Waals surface area contributed by atoms with Gasteiger partial charge in [-0.15, -0.1) is 0 Å². The zero-order valence-electron chi connectivity index (χ0n) is 13.1. The maximum Gasteiger partial charge on any atom is 0.232 e. The van der Waals surface area contributed by atoms with Gasteiger partial charge in [-0.3, -0.25) is 4.72 Å². The van der Waals surface area contributed by atoms with Gasteiger partial charge in [0.2, 0.25) is 10.0 Å². The molecule has 21 heavy (non-hydrogen) atoms. The van der Waals surface area contributed by atoms with Crippen LogP contribution in [0.5, 0.6) is 0 Å². The number of rotatable bonds is 5. The van der Waals surface area contributed by atoms with Gasteiger partial charge in [-0.1, -0.05) is 32.9 Å². The summed E-state index contributed by atoms with van der Waals surface area (Å²) in [6, 6.07) is 7.87. The highest BCUT2D eigenvalue weighted by atomic mass is 32.2. The summed E-state index contributed by atoms with van der Waals surface area (Å²) in [6.45, 7) is 8.40. The lowest BCUT2D eigenvalue weighted by molar-refractivity contribution is 0.238. The highest BCUT2D eigenvalue weighted by molar-refractivity contribution is 7.92. The standard InChI is InChI=1S/C16H26N2O2S/c1-4-10-21(19,20)18-15-7-5-6-14(11-15)16(3)8-9-17-12-13(16)2/h5-7,11,13,17-18H,4,8-10,12H2,1-3H3/t13?,16-/m0/s1. The van der Waals surface area contributed by atoms with Crippen LogP contribution in [-0.4, -0.2) is 27.3 Å². The fourth-order valence-corrected chi connectivity index (χ4v) is 4.13. The molecule has 0 aromatic heterocycles. The molecule has 1 aliphatic rings. The smallest absolute Gasteiger partial charge is 0.232 e. The van der Waals surface area contributed by atoms with E-state index in [0.29, 0.717) is 18.0 Å². The van der Waals surface area contributed by atoms with Crippen LogP contribution in [-0.2, 0) is 15.4 Å². The summed E-state index contributed by atoms with van der Waals surface area (Å²) in [6.07, 6.45) is 1.69. The monoisotopic (exact) mass is 310 g/mol. The predicted molar refractivity (Wildman–Crippen MR) is 88.1 cm³/mol. The van der Waals surface area contributed by atoms with Gasteiger partial charge in [0.15, 0.2) is 0 Å². The van der Waals surface area contributed by atoms with Gasteiger partial charge in [0.1, 0.15) is 0 Å². The molecule has 1 unspecified atom stereocenters. The third kappa shape index (κ3) is 3.77. The Balaban J connectivity index is 2.25. The lowest BCUT2D eigenvalue weighted by Gasteiger charge is -2.40. The van der Waals surface area contributed by atoms with Crippen molar-refractivity contribution in [2.24, 2.45) is 5.92 Å². The summed E-state index contributed by atoms with van der Waals surface area (Å²) in [4.78, 5) is 0. The summed E-state index contributed by atoms with van der Waals surface area (Å²) < 4.78 is 26.5. The van der Waals surface area contributed by atoms with E-state index in [4.69, 9.17) is 0 Å². The van der Waals surface area contributed by atoms with Crippen LogP contribution in [0.3, 0.4) is 0 Å². The molecule has 0 spiro atoms. The van der Waals surface area contributed by atoms with E-state index < -0.39 is 10.0 Å². The molecule has 0 saturated carbocycles. The number of hydrogen-bond donors (Lipinski definition) is 2. The lowest BCUT2D eigenvalue weighted by atomic mass is 9.68. The van der Waals surface area contributed by atoms with Crippen molar-refractivity contribution in [3.05, 3.63) is 29.8 Å². The molecule has 0 amide bonds. The van der Waals surface area contributed by atoms with Crippen molar-refractivity contribution in [2.45, 2.75) is 39.0 Å². The van der Waals surface area contributed by atoms with Crippen LogP contribution in [0.1, 0.15) is 39.2 Å².